The molecule has 3 nitrogen and oxygen atoms in total. The Morgan fingerprint density at radius 1 is 1.31 bits per heavy atom. The monoisotopic (exact) mass is 235 g/mol. The second-order valence-electron chi connectivity index (χ2n) is 3.14. The molecular weight excluding hydrogens is 223 g/mol. The van der Waals surface area contributed by atoms with Crippen molar-refractivity contribution >= 4 is 0 Å². The molecule has 0 unspecified atom stereocenters. The molecule has 0 saturated carbocycles. The first-order chi connectivity index (χ1) is 7.46. The predicted octanol–water partition coefficient (Wildman–Crippen LogP) is 1.84. The highest BCUT2D eigenvalue weighted by Gasteiger charge is 2.31. The van der Waals surface area contributed by atoms with Gasteiger partial charge in [0.1, 0.15) is 5.75 Å². The quantitative estimate of drug-likeness (QED) is 0.836. The predicted molar refractivity (Wildman–Crippen MR) is 52.0 cm³/mol. The molecule has 90 valence electrons. The molecule has 6 heteroatoms. The molecule has 0 aliphatic rings. The molecule has 0 aliphatic heterocycles. The van der Waals surface area contributed by atoms with Crippen molar-refractivity contribution in [2.75, 3.05) is 13.7 Å². The Labute approximate surface area is 90.8 Å². The minimum Gasteiger partial charge on any atom is -0.406 e. The van der Waals surface area contributed by atoms with Crippen molar-refractivity contribution in [2.24, 2.45) is 0 Å². The summed E-state index contributed by atoms with van der Waals surface area (Å²) in [5.41, 5.74) is 0.694. The summed E-state index contributed by atoms with van der Waals surface area (Å²) in [6.45, 7) is -0.129. The van der Waals surface area contributed by atoms with Crippen molar-refractivity contribution in [1.82, 2.24) is 5.32 Å². The largest absolute Gasteiger partial charge is 0.573 e. The third-order valence-electron chi connectivity index (χ3n) is 2.05. The minimum absolute atomic E-state index is 0.129. The average molecular weight is 235 g/mol. The number of likely N-dealkylation sites (N-methyl/N-ethyl adjacent to an activating group) is 1. The van der Waals surface area contributed by atoms with Gasteiger partial charge >= 0.3 is 6.36 Å². The smallest absolute Gasteiger partial charge is 0.406 e. The fourth-order valence-electron chi connectivity index (χ4n) is 1.27. The molecule has 0 heterocycles. The summed E-state index contributed by atoms with van der Waals surface area (Å²) in [5.74, 6) is -0.274. The number of benzene rings is 1. The van der Waals surface area contributed by atoms with Gasteiger partial charge in [0.15, 0.2) is 0 Å². The van der Waals surface area contributed by atoms with Crippen LogP contribution in [0.15, 0.2) is 24.3 Å². The van der Waals surface area contributed by atoms with Crippen LogP contribution in [0.1, 0.15) is 11.6 Å². The van der Waals surface area contributed by atoms with E-state index in [1.54, 1.807) is 7.05 Å². The molecule has 0 saturated heterocycles. The third-order valence-corrected chi connectivity index (χ3v) is 2.05. The van der Waals surface area contributed by atoms with Crippen LogP contribution in [0.5, 0.6) is 5.75 Å². The van der Waals surface area contributed by atoms with Crippen LogP contribution >= 0.6 is 0 Å². The summed E-state index contributed by atoms with van der Waals surface area (Å²) in [6.07, 6.45) is -4.68. The van der Waals surface area contributed by atoms with Crippen molar-refractivity contribution in [3.05, 3.63) is 29.8 Å². The van der Waals surface area contributed by atoms with E-state index in [1.165, 1.54) is 24.3 Å². The number of alkyl halides is 3. The summed E-state index contributed by atoms with van der Waals surface area (Å²) in [7, 11) is 1.65. The highest BCUT2D eigenvalue weighted by atomic mass is 19.4. The fourth-order valence-corrected chi connectivity index (χ4v) is 1.27. The molecule has 1 aromatic rings. The normalized spacial score (nSPS) is 13.6. The highest BCUT2D eigenvalue weighted by Crippen LogP contribution is 2.24. The van der Waals surface area contributed by atoms with Crippen LogP contribution in [-0.4, -0.2) is 25.1 Å². The number of hydrogen-bond donors (Lipinski definition) is 2. The van der Waals surface area contributed by atoms with E-state index >= 15 is 0 Å². The van der Waals surface area contributed by atoms with Gasteiger partial charge < -0.3 is 15.2 Å². The van der Waals surface area contributed by atoms with E-state index in [2.05, 4.69) is 10.1 Å². The Bertz CT molecular complexity index is 320. The second kappa shape index (κ2) is 5.18. The molecule has 0 aromatic heterocycles. The Morgan fingerprint density at radius 3 is 2.25 bits per heavy atom. The molecule has 0 aliphatic carbocycles. The van der Waals surface area contributed by atoms with Crippen LogP contribution in [0, 0.1) is 0 Å². The molecule has 1 aromatic carbocycles. The zero-order valence-corrected chi connectivity index (χ0v) is 8.58. The van der Waals surface area contributed by atoms with E-state index in [0.29, 0.717) is 5.56 Å². The lowest BCUT2D eigenvalue weighted by Crippen LogP contribution is -2.20. The Morgan fingerprint density at radius 2 is 1.88 bits per heavy atom. The average Bonchev–Trinajstić information content (AvgIpc) is 2.20. The summed E-state index contributed by atoms with van der Waals surface area (Å²) >= 11 is 0. The Hall–Kier alpha value is -1.27. The lowest BCUT2D eigenvalue weighted by atomic mass is 10.1. The topological polar surface area (TPSA) is 41.5 Å². The fraction of sp³-hybridized carbons (Fsp3) is 0.400. The van der Waals surface area contributed by atoms with E-state index < -0.39 is 6.36 Å². The van der Waals surface area contributed by atoms with Gasteiger partial charge in [0, 0.05) is 0 Å². The van der Waals surface area contributed by atoms with Crippen LogP contribution < -0.4 is 10.1 Å². The van der Waals surface area contributed by atoms with E-state index in [-0.39, 0.29) is 18.4 Å². The van der Waals surface area contributed by atoms with E-state index in [4.69, 9.17) is 5.11 Å². The Balaban J connectivity index is 2.75. The van der Waals surface area contributed by atoms with E-state index in [9.17, 15) is 13.2 Å². The van der Waals surface area contributed by atoms with Crippen LogP contribution in [0.25, 0.3) is 0 Å². The Kier molecular flexibility index (Phi) is 4.14. The summed E-state index contributed by atoms with van der Waals surface area (Å²) in [6, 6.07) is 5.07. The summed E-state index contributed by atoms with van der Waals surface area (Å²) < 4.78 is 39.3. The van der Waals surface area contributed by atoms with Crippen LogP contribution in [0.4, 0.5) is 13.2 Å². The number of ether oxygens (including phenoxy) is 1. The van der Waals surface area contributed by atoms with Crippen LogP contribution in [0.3, 0.4) is 0 Å². The van der Waals surface area contributed by atoms with Gasteiger partial charge in [-0.05, 0) is 24.7 Å². The van der Waals surface area contributed by atoms with Gasteiger partial charge in [0.25, 0.3) is 0 Å². The number of aliphatic hydroxyl groups excluding tert-OH is 1. The molecule has 1 atom stereocenters. The standard InChI is InChI=1S/C10H12F3NO2/c1-14-9(6-15)7-2-4-8(5-3-7)16-10(11,12)13/h2-5,9,14-15H,6H2,1H3/t9-/m1/s1. The molecule has 0 bridgehead atoms. The van der Waals surface area contributed by atoms with Gasteiger partial charge in [-0.25, -0.2) is 0 Å². The molecule has 1 rings (SSSR count). The van der Waals surface area contributed by atoms with Crippen LogP contribution in [0.2, 0.25) is 0 Å². The van der Waals surface area contributed by atoms with Gasteiger partial charge in [0.05, 0.1) is 12.6 Å². The van der Waals surface area contributed by atoms with Gasteiger partial charge in [-0.3, -0.25) is 0 Å². The first-order valence-electron chi connectivity index (χ1n) is 4.60. The summed E-state index contributed by atoms with van der Waals surface area (Å²) in [4.78, 5) is 0. The molecule has 0 radical (unpaired) electrons. The first kappa shape index (κ1) is 12.8. The van der Waals surface area contributed by atoms with E-state index in [0.717, 1.165) is 0 Å². The van der Waals surface area contributed by atoms with Crippen molar-refractivity contribution in [3.8, 4) is 5.75 Å². The maximum Gasteiger partial charge on any atom is 0.573 e. The molecule has 16 heavy (non-hydrogen) atoms. The minimum atomic E-state index is -4.68. The molecule has 2 N–H and O–H groups in total. The zero-order valence-electron chi connectivity index (χ0n) is 8.58. The van der Waals surface area contributed by atoms with Gasteiger partial charge in [-0.15, -0.1) is 13.2 Å². The van der Waals surface area contributed by atoms with Gasteiger partial charge in [-0.2, -0.15) is 0 Å². The lowest BCUT2D eigenvalue weighted by molar-refractivity contribution is -0.274. The number of rotatable bonds is 4. The molecule has 0 amide bonds. The SMILES string of the molecule is CN[C@H](CO)c1ccc(OC(F)(F)F)cc1. The number of aliphatic hydroxyl groups is 1. The van der Waals surface area contributed by atoms with Crippen molar-refractivity contribution in [1.29, 1.82) is 0 Å². The first-order valence-corrected chi connectivity index (χ1v) is 4.60. The van der Waals surface area contributed by atoms with Crippen molar-refractivity contribution in [2.45, 2.75) is 12.4 Å². The van der Waals surface area contributed by atoms with Crippen LogP contribution in [-0.2, 0) is 0 Å². The number of nitrogens with one attached hydrogen (secondary N) is 1. The highest BCUT2D eigenvalue weighted by molar-refractivity contribution is 5.29. The molecule has 0 spiro atoms. The van der Waals surface area contributed by atoms with Gasteiger partial charge in [0.2, 0.25) is 0 Å². The summed E-state index contributed by atoms with van der Waals surface area (Å²) in [5, 5.41) is 11.8. The number of halogens is 3. The lowest BCUT2D eigenvalue weighted by Gasteiger charge is -2.14. The van der Waals surface area contributed by atoms with Crippen molar-refractivity contribution in [3.63, 3.8) is 0 Å². The maximum absolute atomic E-state index is 11.9. The third kappa shape index (κ3) is 3.71. The molecular formula is C10H12F3NO2. The van der Waals surface area contributed by atoms with Gasteiger partial charge in [-0.1, -0.05) is 12.1 Å². The zero-order chi connectivity index (χ0) is 12.2. The van der Waals surface area contributed by atoms with Crippen molar-refractivity contribution < 1.29 is 23.0 Å². The second-order valence-corrected chi connectivity index (χ2v) is 3.14. The number of hydrogen-bond acceptors (Lipinski definition) is 3. The molecule has 0 fully saturated rings. The van der Waals surface area contributed by atoms with E-state index in [1.807, 2.05) is 0 Å². The maximum atomic E-state index is 11.9.